The maximum atomic E-state index is 14.1. The Hall–Kier alpha value is -2.28. The van der Waals surface area contributed by atoms with Gasteiger partial charge < -0.3 is 5.73 Å². The van der Waals surface area contributed by atoms with Crippen LogP contribution in [0.5, 0.6) is 0 Å². The van der Waals surface area contributed by atoms with E-state index in [0.29, 0.717) is 23.4 Å². The van der Waals surface area contributed by atoms with Crippen molar-refractivity contribution in [1.29, 1.82) is 0 Å². The average molecular weight is 340 g/mol. The third-order valence-electron chi connectivity index (χ3n) is 5.52. The van der Waals surface area contributed by atoms with E-state index in [2.05, 4.69) is 21.0 Å². The molecule has 2 N–H and O–H groups in total. The van der Waals surface area contributed by atoms with E-state index in [0.717, 1.165) is 54.6 Å². The molecule has 0 aromatic carbocycles. The number of nitrogens with zero attached hydrogens (tertiary/aromatic N) is 5. The zero-order valence-electron chi connectivity index (χ0n) is 14.2. The fourth-order valence-electron chi connectivity index (χ4n) is 3.85. The Bertz CT molecular complexity index is 948. The molecule has 2 saturated carbocycles. The summed E-state index contributed by atoms with van der Waals surface area (Å²) in [6, 6.07) is 0.421. The van der Waals surface area contributed by atoms with Gasteiger partial charge in [-0.05, 0) is 38.1 Å². The fraction of sp³-hybridized carbons (Fsp3) is 0.500. The van der Waals surface area contributed by atoms with Crippen molar-refractivity contribution >= 4 is 10.9 Å². The summed E-state index contributed by atoms with van der Waals surface area (Å²) < 4.78 is 17.8. The minimum atomic E-state index is -0.385. The summed E-state index contributed by atoms with van der Waals surface area (Å²) in [4.78, 5) is 4.41. The molecular formula is C18H21FN6. The first-order valence-corrected chi connectivity index (χ1v) is 8.91. The molecule has 130 valence electrons. The number of aryl methyl sites for hydroxylation is 1. The van der Waals surface area contributed by atoms with Gasteiger partial charge in [-0.1, -0.05) is 0 Å². The Labute approximate surface area is 144 Å². The summed E-state index contributed by atoms with van der Waals surface area (Å²) in [7, 11) is 1.80. The summed E-state index contributed by atoms with van der Waals surface area (Å²) >= 11 is 0. The van der Waals surface area contributed by atoms with E-state index < -0.39 is 0 Å². The lowest BCUT2D eigenvalue weighted by Gasteiger charge is -2.34. The van der Waals surface area contributed by atoms with Crippen molar-refractivity contribution in [1.82, 2.24) is 24.5 Å². The summed E-state index contributed by atoms with van der Waals surface area (Å²) in [5, 5.41) is 9.88. The summed E-state index contributed by atoms with van der Waals surface area (Å²) in [5.74, 6) is 0.723. The molecule has 6 nitrogen and oxygen atoms in total. The van der Waals surface area contributed by atoms with Crippen molar-refractivity contribution in [3.63, 3.8) is 0 Å². The molecule has 3 aromatic heterocycles. The highest BCUT2D eigenvalue weighted by molar-refractivity contribution is 5.92. The highest BCUT2D eigenvalue weighted by atomic mass is 19.1. The molecule has 2 fully saturated rings. The number of fused-ring (bicyclic) bond motifs is 1. The van der Waals surface area contributed by atoms with Gasteiger partial charge in [-0.3, -0.25) is 14.3 Å². The van der Waals surface area contributed by atoms with Crippen LogP contribution in [0.2, 0.25) is 0 Å². The van der Waals surface area contributed by atoms with Crippen molar-refractivity contribution in [2.24, 2.45) is 18.7 Å². The Balaban J connectivity index is 1.62. The number of hydrogen-bond donors (Lipinski definition) is 1. The molecule has 2 aliphatic rings. The Morgan fingerprint density at radius 2 is 2.04 bits per heavy atom. The first-order valence-electron chi connectivity index (χ1n) is 8.91. The van der Waals surface area contributed by atoms with Crippen LogP contribution in [0.25, 0.3) is 22.2 Å². The quantitative estimate of drug-likeness (QED) is 0.792. The van der Waals surface area contributed by atoms with Crippen LogP contribution >= 0.6 is 0 Å². The van der Waals surface area contributed by atoms with Gasteiger partial charge in [0, 0.05) is 36.3 Å². The fourth-order valence-corrected chi connectivity index (χ4v) is 3.85. The maximum absolute atomic E-state index is 14.1. The molecule has 0 atom stereocenters. The molecule has 0 saturated heterocycles. The number of rotatable bonds is 4. The zero-order chi connectivity index (χ0) is 17.1. The molecule has 2 aliphatic carbocycles. The van der Waals surface area contributed by atoms with Crippen LogP contribution in [0.3, 0.4) is 0 Å². The van der Waals surface area contributed by atoms with Crippen molar-refractivity contribution in [3.05, 3.63) is 30.1 Å². The molecule has 3 aromatic rings. The molecule has 5 rings (SSSR count). The van der Waals surface area contributed by atoms with Gasteiger partial charge in [0.25, 0.3) is 0 Å². The zero-order valence-corrected chi connectivity index (χ0v) is 14.2. The lowest BCUT2D eigenvalue weighted by molar-refractivity contribution is 0.189. The topological polar surface area (TPSA) is 74.5 Å². The van der Waals surface area contributed by atoms with Crippen LogP contribution in [0.4, 0.5) is 4.39 Å². The molecule has 25 heavy (non-hydrogen) atoms. The lowest BCUT2D eigenvalue weighted by Crippen LogP contribution is -2.32. The Morgan fingerprint density at radius 1 is 1.24 bits per heavy atom. The van der Waals surface area contributed by atoms with E-state index in [1.54, 1.807) is 11.7 Å². The standard InChI is InChI=1S/C18H21FN6/c1-24-8-13-17(21-7-15(19)18(13)22-24)14-9-25(12-4-10(5-12)6-20)23-16(14)11-2-3-11/h7-12H,2-6,20H2,1H3/t10-,12-. The van der Waals surface area contributed by atoms with Gasteiger partial charge in [-0.25, -0.2) is 4.39 Å². The molecular weight excluding hydrogens is 319 g/mol. The minimum Gasteiger partial charge on any atom is -0.330 e. The second-order valence-corrected chi connectivity index (χ2v) is 7.43. The van der Waals surface area contributed by atoms with Crippen LogP contribution in [-0.2, 0) is 7.05 Å². The van der Waals surface area contributed by atoms with E-state index in [4.69, 9.17) is 10.8 Å². The van der Waals surface area contributed by atoms with E-state index in [9.17, 15) is 4.39 Å². The van der Waals surface area contributed by atoms with E-state index in [-0.39, 0.29) is 5.82 Å². The number of aromatic nitrogens is 5. The van der Waals surface area contributed by atoms with Crippen LogP contribution in [-0.4, -0.2) is 31.1 Å². The number of hydrogen-bond acceptors (Lipinski definition) is 4. The van der Waals surface area contributed by atoms with Gasteiger partial charge >= 0.3 is 0 Å². The number of nitrogens with two attached hydrogens (primary N) is 1. The number of halogens is 1. The normalized spacial score (nSPS) is 23.2. The molecule has 0 spiro atoms. The van der Waals surface area contributed by atoms with Gasteiger partial charge in [-0.2, -0.15) is 10.2 Å². The maximum Gasteiger partial charge on any atom is 0.169 e. The molecule has 0 bridgehead atoms. The SMILES string of the molecule is Cn1cc2c(-c3cn([C@H]4C[C@H](CN)C4)nc3C3CC3)ncc(F)c2n1. The van der Waals surface area contributed by atoms with Gasteiger partial charge in [-0.15, -0.1) is 0 Å². The van der Waals surface area contributed by atoms with Crippen molar-refractivity contribution < 1.29 is 4.39 Å². The smallest absolute Gasteiger partial charge is 0.169 e. The van der Waals surface area contributed by atoms with E-state index in [1.807, 2.05) is 6.20 Å². The van der Waals surface area contributed by atoms with Crippen LogP contribution in [0, 0.1) is 11.7 Å². The predicted octanol–water partition coefficient (Wildman–Crippen LogP) is 2.76. The van der Waals surface area contributed by atoms with E-state index >= 15 is 0 Å². The third kappa shape index (κ3) is 2.37. The second-order valence-electron chi connectivity index (χ2n) is 7.43. The van der Waals surface area contributed by atoms with Crippen LogP contribution in [0.1, 0.15) is 43.3 Å². The van der Waals surface area contributed by atoms with Crippen molar-refractivity contribution in [2.75, 3.05) is 6.54 Å². The highest BCUT2D eigenvalue weighted by Crippen LogP contribution is 2.46. The molecule has 0 unspecified atom stereocenters. The average Bonchev–Trinajstić information content (AvgIpc) is 3.18. The summed E-state index contributed by atoms with van der Waals surface area (Å²) in [6.45, 7) is 0.746. The Morgan fingerprint density at radius 3 is 2.76 bits per heavy atom. The van der Waals surface area contributed by atoms with Gasteiger partial charge in [0.05, 0.1) is 23.6 Å². The molecule has 0 amide bonds. The summed E-state index contributed by atoms with van der Waals surface area (Å²) in [6.07, 6.45) is 9.70. The first kappa shape index (κ1) is 15.0. The second kappa shape index (κ2) is 5.36. The van der Waals surface area contributed by atoms with Gasteiger partial charge in [0.15, 0.2) is 5.82 Å². The van der Waals surface area contributed by atoms with Gasteiger partial charge in [0.2, 0.25) is 0 Å². The summed E-state index contributed by atoms with van der Waals surface area (Å²) in [5.41, 5.74) is 9.03. The molecule has 7 heteroatoms. The van der Waals surface area contributed by atoms with E-state index in [1.165, 1.54) is 6.20 Å². The molecule has 3 heterocycles. The van der Waals surface area contributed by atoms with Crippen molar-refractivity contribution in [2.45, 2.75) is 37.6 Å². The Kier molecular flexibility index (Phi) is 3.22. The van der Waals surface area contributed by atoms with Gasteiger partial charge in [0.1, 0.15) is 5.52 Å². The van der Waals surface area contributed by atoms with Crippen LogP contribution < -0.4 is 5.73 Å². The largest absolute Gasteiger partial charge is 0.330 e. The minimum absolute atomic E-state index is 0.369. The van der Waals surface area contributed by atoms with Crippen LogP contribution in [0.15, 0.2) is 18.6 Å². The third-order valence-corrected chi connectivity index (χ3v) is 5.52. The predicted molar refractivity (Wildman–Crippen MR) is 92.5 cm³/mol. The highest BCUT2D eigenvalue weighted by Gasteiger charge is 2.35. The van der Waals surface area contributed by atoms with Crippen molar-refractivity contribution in [3.8, 4) is 11.3 Å². The first-order chi connectivity index (χ1) is 12.1. The number of pyridine rings is 1. The monoisotopic (exact) mass is 340 g/mol. The molecule has 0 radical (unpaired) electrons. The lowest BCUT2D eigenvalue weighted by atomic mass is 9.80. The molecule has 0 aliphatic heterocycles.